The van der Waals surface area contributed by atoms with Crippen molar-refractivity contribution >= 4 is 17.7 Å². The highest BCUT2D eigenvalue weighted by Gasteiger charge is 2.29. The standard InChI is InChI=1S/C13H17NO2S/c1-8(2)14-5-4-9-6-10(17-3)7-11(15)12(9)13(14)16/h6-8,15H,4-5H2,1-3H3. The molecule has 1 heterocycles. The first-order valence-corrected chi connectivity index (χ1v) is 6.98. The van der Waals surface area contributed by atoms with E-state index >= 15 is 0 Å². The average molecular weight is 251 g/mol. The fourth-order valence-corrected chi connectivity index (χ4v) is 2.69. The monoisotopic (exact) mass is 251 g/mol. The lowest BCUT2D eigenvalue weighted by atomic mass is 9.97. The van der Waals surface area contributed by atoms with Crippen molar-refractivity contribution in [2.75, 3.05) is 12.8 Å². The molecule has 1 aromatic carbocycles. The summed E-state index contributed by atoms with van der Waals surface area (Å²) in [4.78, 5) is 15.1. The molecule has 0 aliphatic carbocycles. The van der Waals surface area contributed by atoms with E-state index in [0.717, 1.165) is 23.4 Å². The number of benzene rings is 1. The molecule has 1 amide bonds. The van der Waals surface area contributed by atoms with Gasteiger partial charge >= 0.3 is 0 Å². The number of phenolic OH excluding ortho intramolecular Hbond substituents is 1. The average Bonchev–Trinajstić information content (AvgIpc) is 2.28. The number of hydrogen-bond donors (Lipinski definition) is 1. The van der Waals surface area contributed by atoms with Crippen molar-refractivity contribution < 1.29 is 9.90 Å². The molecule has 0 bridgehead atoms. The van der Waals surface area contributed by atoms with Crippen molar-refractivity contribution in [3.63, 3.8) is 0 Å². The topological polar surface area (TPSA) is 40.5 Å². The largest absolute Gasteiger partial charge is 0.507 e. The van der Waals surface area contributed by atoms with Gasteiger partial charge in [0.1, 0.15) is 5.75 Å². The predicted molar refractivity (Wildman–Crippen MR) is 69.8 cm³/mol. The van der Waals surface area contributed by atoms with Crippen LogP contribution in [-0.4, -0.2) is 34.8 Å². The van der Waals surface area contributed by atoms with Crippen LogP contribution in [0.15, 0.2) is 17.0 Å². The van der Waals surface area contributed by atoms with Crippen LogP contribution < -0.4 is 0 Å². The maximum absolute atomic E-state index is 12.2. The van der Waals surface area contributed by atoms with Gasteiger partial charge in [0.25, 0.3) is 5.91 Å². The molecule has 2 rings (SSSR count). The summed E-state index contributed by atoms with van der Waals surface area (Å²) in [6.45, 7) is 4.73. The molecule has 0 fully saturated rings. The minimum Gasteiger partial charge on any atom is -0.507 e. The Hall–Kier alpha value is -1.16. The number of hydrogen-bond acceptors (Lipinski definition) is 3. The molecule has 0 radical (unpaired) electrons. The van der Waals surface area contributed by atoms with E-state index in [9.17, 15) is 9.90 Å². The molecule has 0 saturated heterocycles. The summed E-state index contributed by atoms with van der Waals surface area (Å²) < 4.78 is 0. The van der Waals surface area contributed by atoms with Gasteiger partial charge in [0.2, 0.25) is 0 Å². The lowest BCUT2D eigenvalue weighted by molar-refractivity contribution is 0.0684. The number of nitrogens with zero attached hydrogens (tertiary/aromatic N) is 1. The van der Waals surface area contributed by atoms with E-state index in [1.165, 1.54) is 0 Å². The first-order chi connectivity index (χ1) is 8.04. The summed E-state index contributed by atoms with van der Waals surface area (Å²) in [7, 11) is 0. The van der Waals surface area contributed by atoms with E-state index in [0.29, 0.717) is 5.56 Å². The van der Waals surface area contributed by atoms with Crippen LogP contribution in [0.5, 0.6) is 5.75 Å². The third kappa shape index (κ3) is 2.14. The Bertz CT molecular complexity index is 457. The summed E-state index contributed by atoms with van der Waals surface area (Å²) in [5.74, 6) is 0.0635. The molecular weight excluding hydrogens is 234 g/mol. The second-order valence-corrected chi connectivity index (χ2v) is 5.40. The van der Waals surface area contributed by atoms with Gasteiger partial charge in [0.05, 0.1) is 5.56 Å². The van der Waals surface area contributed by atoms with Crippen LogP contribution in [0.1, 0.15) is 29.8 Å². The Morgan fingerprint density at radius 3 is 2.71 bits per heavy atom. The van der Waals surface area contributed by atoms with Gasteiger partial charge in [-0.25, -0.2) is 0 Å². The molecule has 1 aliphatic heterocycles. The van der Waals surface area contributed by atoms with Gasteiger partial charge in [-0.2, -0.15) is 0 Å². The second kappa shape index (κ2) is 4.61. The predicted octanol–water partition coefficient (Wildman–Crippen LogP) is 2.52. The van der Waals surface area contributed by atoms with Gasteiger partial charge in [-0.1, -0.05) is 0 Å². The molecule has 0 saturated carbocycles. The van der Waals surface area contributed by atoms with Crippen molar-refractivity contribution in [3.05, 3.63) is 23.3 Å². The molecule has 0 aromatic heterocycles. The van der Waals surface area contributed by atoms with Gasteiger partial charge in [-0.05, 0) is 44.2 Å². The molecule has 1 aromatic rings. The summed E-state index contributed by atoms with van der Waals surface area (Å²) in [6, 6.07) is 3.86. The summed E-state index contributed by atoms with van der Waals surface area (Å²) >= 11 is 1.58. The van der Waals surface area contributed by atoms with E-state index in [2.05, 4.69) is 0 Å². The lowest BCUT2D eigenvalue weighted by Crippen LogP contribution is -2.42. The zero-order chi connectivity index (χ0) is 12.6. The Morgan fingerprint density at radius 2 is 2.12 bits per heavy atom. The third-order valence-corrected chi connectivity index (χ3v) is 3.84. The first kappa shape index (κ1) is 12.3. The highest BCUT2D eigenvalue weighted by molar-refractivity contribution is 7.98. The lowest BCUT2D eigenvalue weighted by Gasteiger charge is -2.32. The van der Waals surface area contributed by atoms with Crippen LogP contribution in [-0.2, 0) is 6.42 Å². The number of aromatic hydroxyl groups is 1. The van der Waals surface area contributed by atoms with Gasteiger partial charge in [-0.3, -0.25) is 4.79 Å². The summed E-state index contributed by atoms with van der Waals surface area (Å²) in [6.07, 6.45) is 2.79. The minimum atomic E-state index is -0.0496. The van der Waals surface area contributed by atoms with Gasteiger partial charge in [0.15, 0.2) is 0 Å². The fraction of sp³-hybridized carbons (Fsp3) is 0.462. The maximum atomic E-state index is 12.2. The molecule has 0 unspecified atom stereocenters. The van der Waals surface area contributed by atoms with E-state index in [-0.39, 0.29) is 17.7 Å². The second-order valence-electron chi connectivity index (χ2n) is 4.52. The number of thioether (sulfide) groups is 1. The number of fused-ring (bicyclic) bond motifs is 1. The number of carbonyl (C=O) groups is 1. The van der Waals surface area contributed by atoms with E-state index in [1.54, 1.807) is 22.7 Å². The molecule has 3 nitrogen and oxygen atoms in total. The van der Waals surface area contributed by atoms with Gasteiger partial charge in [-0.15, -0.1) is 11.8 Å². The van der Waals surface area contributed by atoms with Crippen molar-refractivity contribution in [3.8, 4) is 5.75 Å². The van der Waals surface area contributed by atoms with Crippen molar-refractivity contribution in [1.29, 1.82) is 0 Å². The summed E-state index contributed by atoms with van der Waals surface area (Å²) in [5, 5.41) is 9.98. The highest BCUT2D eigenvalue weighted by atomic mass is 32.2. The van der Waals surface area contributed by atoms with E-state index < -0.39 is 0 Å². The maximum Gasteiger partial charge on any atom is 0.258 e. The van der Waals surface area contributed by atoms with Crippen LogP contribution in [0.3, 0.4) is 0 Å². The van der Waals surface area contributed by atoms with Crippen LogP contribution in [0.4, 0.5) is 0 Å². The van der Waals surface area contributed by atoms with Crippen molar-refractivity contribution in [2.45, 2.75) is 31.2 Å². The molecule has 1 aliphatic rings. The molecule has 4 heteroatoms. The van der Waals surface area contributed by atoms with Gasteiger partial charge in [0, 0.05) is 17.5 Å². The number of amides is 1. The van der Waals surface area contributed by atoms with E-state index in [1.807, 2.05) is 26.2 Å². The SMILES string of the molecule is CSc1cc(O)c2c(c1)CCN(C(C)C)C2=O. The smallest absolute Gasteiger partial charge is 0.258 e. The number of phenols is 1. The molecule has 1 N–H and O–H groups in total. The zero-order valence-electron chi connectivity index (χ0n) is 10.4. The molecule has 17 heavy (non-hydrogen) atoms. The Kier molecular flexibility index (Phi) is 3.33. The van der Waals surface area contributed by atoms with Crippen LogP contribution in [0.25, 0.3) is 0 Å². The Labute approximate surface area is 106 Å². The minimum absolute atomic E-state index is 0.0496. The molecule has 0 atom stereocenters. The van der Waals surface area contributed by atoms with Crippen LogP contribution >= 0.6 is 11.8 Å². The highest BCUT2D eigenvalue weighted by Crippen LogP contribution is 2.32. The number of rotatable bonds is 2. The van der Waals surface area contributed by atoms with E-state index in [4.69, 9.17) is 0 Å². The molecular formula is C13H17NO2S. The zero-order valence-corrected chi connectivity index (χ0v) is 11.2. The third-order valence-electron chi connectivity index (χ3n) is 3.13. The first-order valence-electron chi connectivity index (χ1n) is 5.75. The molecule has 92 valence electrons. The number of carbonyl (C=O) groups excluding carboxylic acids is 1. The van der Waals surface area contributed by atoms with Crippen LogP contribution in [0, 0.1) is 0 Å². The van der Waals surface area contributed by atoms with Crippen molar-refractivity contribution in [1.82, 2.24) is 4.90 Å². The van der Waals surface area contributed by atoms with Crippen LogP contribution in [0.2, 0.25) is 0 Å². The Morgan fingerprint density at radius 1 is 1.41 bits per heavy atom. The van der Waals surface area contributed by atoms with Gasteiger partial charge < -0.3 is 10.0 Å². The van der Waals surface area contributed by atoms with Crippen molar-refractivity contribution in [2.24, 2.45) is 0 Å². The molecule has 0 spiro atoms. The Balaban J connectivity index is 2.46. The summed E-state index contributed by atoms with van der Waals surface area (Å²) in [5.41, 5.74) is 1.46. The fourth-order valence-electron chi connectivity index (χ4n) is 2.20. The normalized spacial score (nSPS) is 15.3. The quantitative estimate of drug-likeness (QED) is 0.821.